The van der Waals surface area contributed by atoms with Crippen LogP contribution in [-0.4, -0.2) is 13.0 Å². The second kappa shape index (κ2) is 7.27. The van der Waals surface area contributed by atoms with E-state index >= 15 is 0 Å². The number of hydrogen-bond donors (Lipinski definition) is 1. The molecule has 1 N–H and O–H groups in total. The van der Waals surface area contributed by atoms with Crippen LogP contribution in [0.25, 0.3) is 6.08 Å². The molecule has 106 valence electrons. The number of nitrogens with zero attached hydrogens (tertiary/aromatic N) is 1. The third-order valence-electron chi connectivity index (χ3n) is 2.83. The maximum Gasteiger partial charge on any atom is 0.262 e. The fraction of sp³-hybridized carbons (Fsp3) is 0.125. The molecule has 2 aromatic rings. The van der Waals surface area contributed by atoms with Crippen molar-refractivity contribution < 1.29 is 9.53 Å². The third-order valence-corrected chi connectivity index (χ3v) is 3.53. The largest absolute Gasteiger partial charge is 0.497 e. The van der Waals surface area contributed by atoms with Gasteiger partial charge in [0.1, 0.15) is 17.4 Å². The van der Waals surface area contributed by atoms with E-state index in [9.17, 15) is 4.79 Å². The quantitative estimate of drug-likeness (QED) is 0.682. The lowest BCUT2D eigenvalue weighted by Crippen LogP contribution is -2.23. The van der Waals surface area contributed by atoms with E-state index in [2.05, 4.69) is 5.32 Å². The highest BCUT2D eigenvalue weighted by molar-refractivity contribution is 7.08. The molecule has 0 unspecified atom stereocenters. The summed E-state index contributed by atoms with van der Waals surface area (Å²) in [5, 5.41) is 15.6. The van der Waals surface area contributed by atoms with Gasteiger partial charge in [0, 0.05) is 6.54 Å². The van der Waals surface area contributed by atoms with E-state index in [1.807, 2.05) is 47.2 Å². The Hall–Kier alpha value is -2.58. The molecule has 4 nitrogen and oxygen atoms in total. The van der Waals surface area contributed by atoms with E-state index in [0.29, 0.717) is 6.54 Å². The van der Waals surface area contributed by atoms with Crippen LogP contribution >= 0.6 is 11.3 Å². The van der Waals surface area contributed by atoms with Crippen molar-refractivity contribution in [3.63, 3.8) is 0 Å². The molecule has 21 heavy (non-hydrogen) atoms. The number of methoxy groups -OCH3 is 1. The Morgan fingerprint density at radius 2 is 2.14 bits per heavy atom. The van der Waals surface area contributed by atoms with Crippen molar-refractivity contribution in [1.82, 2.24) is 5.32 Å². The molecular formula is C16H14N2O2S. The molecule has 1 aromatic heterocycles. The maximum absolute atomic E-state index is 12.0. The fourth-order valence-electron chi connectivity index (χ4n) is 1.69. The number of ether oxygens (including phenoxy) is 1. The van der Waals surface area contributed by atoms with Gasteiger partial charge in [-0.05, 0) is 46.2 Å². The van der Waals surface area contributed by atoms with Gasteiger partial charge in [-0.3, -0.25) is 4.79 Å². The molecule has 2 rings (SSSR count). The molecule has 0 aliphatic carbocycles. The summed E-state index contributed by atoms with van der Waals surface area (Å²) in [5.74, 6) is 0.389. The van der Waals surface area contributed by atoms with E-state index in [-0.39, 0.29) is 11.5 Å². The van der Waals surface area contributed by atoms with Gasteiger partial charge in [0.25, 0.3) is 5.91 Å². The highest BCUT2D eigenvalue weighted by atomic mass is 32.1. The average Bonchev–Trinajstić information content (AvgIpc) is 3.03. The van der Waals surface area contributed by atoms with Crippen molar-refractivity contribution in [1.29, 1.82) is 5.26 Å². The zero-order valence-corrected chi connectivity index (χ0v) is 12.3. The number of thiophene rings is 1. The van der Waals surface area contributed by atoms with Gasteiger partial charge in [-0.25, -0.2) is 0 Å². The Morgan fingerprint density at radius 3 is 2.71 bits per heavy atom. The van der Waals surface area contributed by atoms with E-state index in [0.717, 1.165) is 16.9 Å². The summed E-state index contributed by atoms with van der Waals surface area (Å²) in [7, 11) is 1.60. The Kier molecular flexibility index (Phi) is 5.13. The number of benzene rings is 1. The molecule has 5 heteroatoms. The van der Waals surface area contributed by atoms with Crippen LogP contribution in [0.4, 0.5) is 0 Å². The Bertz CT molecular complexity index is 667. The van der Waals surface area contributed by atoms with E-state index < -0.39 is 0 Å². The minimum absolute atomic E-state index is 0.0990. The van der Waals surface area contributed by atoms with Gasteiger partial charge in [-0.2, -0.15) is 16.6 Å². The maximum atomic E-state index is 12.0. The van der Waals surface area contributed by atoms with Gasteiger partial charge in [-0.1, -0.05) is 12.1 Å². The molecule has 0 atom stereocenters. The molecule has 1 heterocycles. The monoisotopic (exact) mass is 298 g/mol. The van der Waals surface area contributed by atoms with Crippen LogP contribution in [0.5, 0.6) is 5.75 Å². The molecule has 0 spiro atoms. The standard InChI is InChI=1S/C16H14N2O2S/c1-20-15-4-2-12(3-5-15)10-18-16(19)14(9-17)8-13-6-7-21-11-13/h2-8,11H,10H2,1H3,(H,18,19)/b14-8-. The minimum Gasteiger partial charge on any atom is -0.497 e. The predicted octanol–water partition coefficient (Wildman–Crippen LogP) is 2.98. The first-order valence-electron chi connectivity index (χ1n) is 6.28. The molecule has 0 aliphatic heterocycles. The highest BCUT2D eigenvalue weighted by Gasteiger charge is 2.08. The van der Waals surface area contributed by atoms with Crippen molar-refractivity contribution in [3.8, 4) is 11.8 Å². The van der Waals surface area contributed by atoms with Crippen LogP contribution in [0.15, 0.2) is 46.7 Å². The summed E-state index contributed by atoms with van der Waals surface area (Å²) >= 11 is 1.52. The van der Waals surface area contributed by atoms with Crippen LogP contribution in [-0.2, 0) is 11.3 Å². The van der Waals surface area contributed by atoms with E-state index in [1.54, 1.807) is 13.2 Å². The van der Waals surface area contributed by atoms with Gasteiger partial charge < -0.3 is 10.1 Å². The van der Waals surface area contributed by atoms with Crippen LogP contribution in [0, 0.1) is 11.3 Å². The lowest BCUT2D eigenvalue weighted by atomic mass is 10.1. The molecule has 0 fully saturated rings. The lowest BCUT2D eigenvalue weighted by molar-refractivity contribution is -0.117. The summed E-state index contributed by atoms with van der Waals surface area (Å²) in [6, 6.07) is 11.2. The average molecular weight is 298 g/mol. The Balaban J connectivity index is 1.98. The van der Waals surface area contributed by atoms with Crippen molar-refractivity contribution in [2.24, 2.45) is 0 Å². The fourth-order valence-corrected chi connectivity index (χ4v) is 2.31. The summed E-state index contributed by atoms with van der Waals surface area (Å²) < 4.78 is 5.07. The van der Waals surface area contributed by atoms with Crippen molar-refractivity contribution in [2.75, 3.05) is 7.11 Å². The SMILES string of the molecule is COc1ccc(CNC(=O)/C(C#N)=C\c2ccsc2)cc1. The molecule has 0 saturated carbocycles. The van der Waals surface area contributed by atoms with Gasteiger partial charge >= 0.3 is 0 Å². The summed E-state index contributed by atoms with van der Waals surface area (Å²) in [4.78, 5) is 12.0. The normalized spacial score (nSPS) is 10.8. The van der Waals surface area contributed by atoms with Crippen LogP contribution in [0.1, 0.15) is 11.1 Å². The summed E-state index contributed by atoms with van der Waals surface area (Å²) in [6.07, 6.45) is 1.58. The molecule has 1 aromatic carbocycles. The topological polar surface area (TPSA) is 62.1 Å². The first kappa shape index (κ1) is 14.8. The van der Waals surface area contributed by atoms with Crippen LogP contribution in [0.3, 0.4) is 0 Å². The number of rotatable bonds is 5. The highest BCUT2D eigenvalue weighted by Crippen LogP contribution is 2.12. The van der Waals surface area contributed by atoms with Crippen LogP contribution < -0.4 is 10.1 Å². The summed E-state index contributed by atoms with van der Waals surface area (Å²) in [6.45, 7) is 0.367. The first-order chi connectivity index (χ1) is 10.2. The smallest absolute Gasteiger partial charge is 0.262 e. The van der Waals surface area contributed by atoms with Gasteiger partial charge in [0.15, 0.2) is 0 Å². The van der Waals surface area contributed by atoms with Crippen molar-refractivity contribution >= 4 is 23.3 Å². The van der Waals surface area contributed by atoms with E-state index in [4.69, 9.17) is 10.00 Å². The van der Waals surface area contributed by atoms with Gasteiger partial charge in [-0.15, -0.1) is 0 Å². The Labute approximate surface area is 127 Å². The number of carbonyl (C=O) groups is 1. The van der Waals surface area contributed by atoms with Gasteiger partial charge in [0.05, 0.1) is 7.11 Å². The Morgan fingerprint density at radius 1 is 1.38 bits per heavy atom. The van der Waals surface area contributed by atoms with Crippen molar-refractivity contribution in [3.05, 3.63) is 57.8 Å². The summed E-state index contributed by atoms with van der Waals surface area (Å²) in [5.41, 5.74) is 1.90. The molecule has 1 amide bonds. The second-order valence-electron chi connectivity index (χ2n) is 4.26. The minimum atomic E-state index is -0.375. The zero-order chi connectivity index (χ0) is 15.1. The molecule has 0 saturated heterocycles. The van der Waals surface area contributed by atoms with E-state index in [1.165, 1.54) is 11.3 Å². The van der Waals surface area contributed by atoms with Gasteiger partial charge in [0.2, 0.25) is 0 Å². The number of carbonyl (C=O) groups excluding carboxylic acids is 1. The first-order valence-corrected chi connectivity index (χ1v) is 7.22. The number of nitriles is 1. The third kappa shape index (κ3) is 4.20. The van der Waals surface area contributed by atoms with Crippen LogP contribution in [0.2, 0.25) is 0 Å². The number of amides is 1. The van der Waals surface area contributed by atoms with Crippen molar-refractivity contribution in [2.45, 2.75) is 6.54 Å². The molecule has 0 bridgehead atoms. The molecular weight excluding hydrogens is 284 g/mol. The molecule has 0 radical (unpaired) electrons. The predicted molar refractivity (Wildman–Crippen MR) is 82.7 cm³/mol. The molecule has 0 aliphatic rings. The second-order valence-corrected chi connectivity index (χ2v) is 5.04. The number of nitrogens with one attached hydrogen (secondary N) is 1. The number of hydrogen-bond acceptors (Lipinski definition) is 4. The lowest BCUT2D eigenvalue weighted by Gasteiger charge is -2.05. The zero-order valence-electron chi connectivity index (χ0n) is 11.5.